The predicted octanol–water partition coefficient (Wildman–Crippen LogP) is 4.65. The molecule has 0 N–H and O–H groups in total. The lowest BCUT2D eigenvalue weighted by atomic mass is 10.1. The van der Waals surface area contributed by atoms with Crippen LogP contribution in [0, 0.1) is 13.8 Å². The zero-order valence-electron chi connectivity index (χ0n) is 25.3. The van der Waals surface area contributed by atoms with Gasteiger partial charge in [-0.1, -0.05) is 53.9 Å². The van der Waals surface area contributed by atoms with Crippen LogP contribution in [0.3, 0.4) is 0 Å². The summed E-state index contributed by atoms with van der Waals surface area (Å²) in [6.45, 7) is 6.31. The summed E-state index contributed by atoms with van der Waals surface area (Å²) in [5, 5.41) is 0. The van der Waals surface area contributed by atoms with Gasteiger partial charge in [-0.15, -0.1) is 4.40 Å². The van der Waals surface area contributed by atoms with Gasteiger partial charge in [-0.2, -0.15) is 12.7 Å². The van der Waals surface area contributed by atoms with Crippen LogP contribution >= 0.6 is 0 Å². The summed E-state index contributed by atoms with van der Waals surface area (Å²) in [4.78, 5) is 6.39. The molecule has 0 bridgehead atoms. The fourth-order valence-electron chi connectivity index (χ4n) is 5.66. The van der Waals surface area contributed by atoms with Crippen LogP contribution in [0.25, 0.3) is 0 Å². The van der Waals surface area contributed by atoms with Crippen molar-refractivity contribution in [1.82, 2.24) is 14.1 Å². The first-order valence-electron chi connectivity index (χ1n) is 14.7. The molecular weight excluding hydrogens is 583 g/mol. The van der Waals surface area contributed by atoms with E-state index in [1.54, 1.807) is 48.5 Å². The first kappa shape index (κ1) is 31.2. The third-order valence-electron chi connectivity index (χ3n) is 8.15. The van der Waals surface area contributed by atoms with Gasteiger partial charge < -0.3 is 9.80 Å². The SMILES string of the molecule is Cc1ccc(S(=O)(=O)N=C(CN2CCCCC2)N2CCN(S(=O)(=O)c3ccc(C)cc3)C2c2ccc(N(C)C)cc2)cc1. The minimum Gasteiger partial charge on any atom is -0.378 e. The number of anilines is 1. The molecule has 0 aliphatic carbocycles. The van der Waals surface area contributed by atoms with Gasteiger partial charge in [-0.05, 0) is 81.7 Å². The average Bonchev–Trinajstić information content (AvgIpc) is 3.44. The maximum Gasteiger partial charge on any atom is 0.283 e. The van der Waals surface area contributed by atoms with Gasteiger partial charge in [-0.3, -0.25) is 4.90 Å². The molecule has 2 aliphatic heterocycles. The Bertz CT molecular complexity index is 1650. The van der Waals surface area contributed by atoms with Crippen LogP contribution in [-0.4, -0.2) is 83.6 Å². The first-order valence-corrected chi connectivity index (χ1v) is 17.6. The Kier molecular flexibility index (Phi) is 9.26. The quantitative estimate of drug-likeness (QED) is 0.267. The van der Waals surface area contributed by atoms with E-state index in [9.17, 15) is 16.8 Å². The normalized spacial score (nSPS) is 19.1. The number of nitrogens with zero attached hydrogens (tertiary/aromatic N) is 5. The molecule has 9 nitrogen and oxygen atoms in total. The van der Waals surface area contributed by atoms with Crippen molar-refractivity contribution in [3.05, 3.63) is 89.5 Å². The second kappa shape index (κ2) is 12.8. The summed E-state index contributed by atoms with van der Waals surface area (Å²) >= 11 is 0. The van der Waals surface area contributed by atoms with Crippen molar-refractivity contribution in [3.63, 3.8) is 0 Å². The minimum absolute atomic E-state index is 0.115. The van der Waals surface area contributed by atoms with Crippen molar-refractivity contribution >= 4 is 31.6 Å². The number of hydrogen-bond donors (Lipinski definition) is 0. The molecule has 5 rings (SSSR count). The van der Waals surface area contributed by atoms with Crippen LogP contribution in [-0.2, 0) is 20.0 Å². The molecule has 2 heterocycles. The van der Waals surface area contributed by atoms with Crippen molar-refractivity contribution in [3.8, 4) is 0 Å². The zero-order valence-corrected chi connectivity index (χ0v) is 27.0. The summed E-state index contributed by atoms with van der Waals surface area (Å²) in [6.07, 6.45) is 2.43. The summed E-state index contributed by atoms with van der Waals surface area (Å²) in [7, 11) is -4.07. The van der Waals surface area contributed by atoms with Gasteiger partial charge in [0.1, 0.15) is 12.0 Å². The summed E-state index contributed by atoms with van der Waals surface area (Å²) in [5.74, 6) is 0.353. The van der Waals surface area contributed by atoms with Gasteiger partial charge in [0.25, 0.3) is 10.0 Å². The summed E-state index contributed by atoms with van der Waals surface area (Å²) in [5.41, 5.74) is 3.65. The van der Waals surface area contributed by atoms with E-state index >= 15 is 0 Å². The highest BCUT2D eigenvalue weighted by Gasteiger charge is 2.43. The zero-order chi connectivity index (χ0) is 30.8. The first-order chi connectivity index (χ1) is 20.5. The van der Waals surface area contributed by atoms with E-state index in [1.165, 1.54) is 4.31 Å². The molecule has 0 aromatic heterocycles. The molecule has 0 radical (unpaired) electrons. The molecule has 0 amide bonds. The molecule has 2 saturated heterocycles. The molecule has 230 valence electrons. The van der Waals surface area contributed by atoms with Crippen LogP contribution in [0.4, 0.5) is 5.69 Å². The number of piperidine rings is 1. The molecule has 11 heteroatoms. The van der Waals surface area contributed by atoms with E-state index in [4.69, 9.17) is 0 Å². The number of rotatable bonds is 8. The minimum atomic E-state index is -4.05. The van der Waals surface area contributed by atoms with Gasteiger partial charge >= 0.3 is 0 Å². The Morgan fingerprint density at radius 1 is 0.744 bits per heavy atom. The number of hydrogen-bond acceptors (Lipinski definition) is 6. The molecule has 2 aliphatic rings. The van der Waals surface area contributed by atoms with Gasteiger partial charge in [0.2, 0.25) is 10.0 Å². The largest absolute Gasteiger partial charge is 0.378 e. The van der Waals surface area contributed by atoms with Crippen molar-refractivity contribution in [1.29, 1.82) is 0 Å². The Morgan fingerprint density at radius 2 is 1.30 bits per heavy atom. The molecular formula is C32H41N5O4S2. The van der Waals surface area contributed by atoms with Gasteiger partial charge in [-0.25, -0.2) is 8.42 Å². The Labute approximate surface area is 256 Å². The third-order valence-corrected chi connectivity index (χ3v) is 11.3. The van der Waals surface area contributed by atoms with Crippen molar-refractivity contribution in [2.45, 2.75) is 49.1 Å². The van der Waals surface area contributed by atoms with Crippen LogP contribution in [0.2, 0.25) is 0 Å². The maximum absolute atomic E-state index is 14.1. The highest BCUT2D eigenvalue weighted by Crippen LogP contribution is 2.36. The predicted molar refractivity (Wildman–Crippen MR) is 171 cm³/mol. The standard InChI is InChI=1S/C32H41N5O4S2/c1-25-8-16-29(17-9-25)42(38,39)33-31(24-35-20-6-5-7-21-35)36-22-23-37(43(40,41)30-18-10-26(2)11-19-30)32(36)27-12-14-28(15-13-27)34(3)4/h8-19,32H,5-7,20-24H2,1-4H3. The lowest BCUT2D eigenvalue weighted by molar-refractivity contribution is 0.235. The van der Waals surface area contributed by atoms with Crippen LogP contribution < -0.4 is 4.90 Å². The Balaban J connectivity index is 1.62. The van der Waals surface area contributed by atoms with E-state index in [0.29, 0.717) is 18.9 Å². The Hall–Kier alpha value is -3.25. The smallest absolute Gasteiger partial charge is 0.283 e. The highest BCUT2D eigenvalue weighted by atomic mass is 32.2. The van der Waals surface area contributed by atoms with Crippen LogP contribution in [0.5, 0.6) is 0 Å². The fraction of sp³-hybridized carbons (Fsp3) is 0.406. The van der Waals surface area contributed by atoms with Crippen molar-refractivity contribution < 1.29 is 16.8 Å². The number of aryl methyl sites for hydroxylation is 2. The van der Waals surface area contributed by atoms with Gasteiger partial charge in [0, 0.05) is 32.9 Å². The number of benzene rings is 3. The second-order valence-electron chi connectivity index (χ2n) is 11.6. The van der Waals surface area contributed by atoms with Crippen LogP contribution in [0.1, 0.15) is 42.1 Å². The van der Waals surface area contributed by atoms with E-state index in [0.717, 1.165) is 54.7 Å². The highest BCUT2D eigenvalue weighted by molar-refractivity contribution is 7.90. The topological polar surface area (TPSA) is 93.6 Å². The molecule has 0 spiro atoms. The van der Waals surface area contributed by atoms with Crippen molar-refractivity contribution in [2.24, 2.45) is 4.40 Å². The average molecular weight is 624 g/mol. The second-order valence-corrected chi connectivity index (χ2v) is 15.1. The summed E-state index contributed by atoms with van der Waals surface area (Å²) in [6, 6.07) is 21.2. The van der Waals surface area contributed by atoms with E-state index in [1.807, 2.05) is 62.0 Å². The molecule has 1 unspecified atom stereocenters. The van der Waals surface area contributed by atoms with E-state index in [2.05, 4.69) is 9.30 Å². The third kappa shape index (κ3) is 6.95. The van der Waals surface area contributed by atoms with Gasteiger partial charge in [0.15, 0.2) is 0 Å². The number of sulfonamides is 2. The van der Waals surface area contributed by atoms with E-state index in [-0.39, 0.29) is 16.3 Å². The fourth-order valence-corrected chi connectivity index (χ4v) is 8.25. The molecule has 1 atom stereocenters. The molecule has 3 aromatic rings. The molecule has 2 fully saturated rings. The lowest BCUT2D eigenvalue weighted by Crippen LogP contribution is -2.44. The number of amidine groups is 1. The molecule has 43 heavy (non-hydrogen) atoms. The summed E-state index contributed by atoms with van der Waals surface area (Å²) < 4.78 is 61.5. The monoisotopic (exact) mass is 623 g/mol. The van der Waals surface area contributed by atoms with E-state index < -0.39 is 26.2 Å². The van der Waals surface area contributed by atoms with Crippen molar-refractivity contribution in [2.75, 3.05) is 51.7 Å². The maximum atomic E-state index is 14.1. The number of likely N-dealkylation sites (tertiary alicyclic amines) is 1. The van der Waals surface area contributed by atoms with Crippen LogP contribution in [0.15, 0.2) is 87.0 Å². The Morgan fingerprint density at radius 3 is 1.86 bits per heavy atom. The van der Waals surface area contributed by atoms with Gasteiger partial charge in [0.05, 0.1) is 16.3 Å². The molecule has 3 aromatic carbocycles. The lowest BCUT2D eigenvalue weighted by Gasteiger charge is -2.35. The molecule has 0 saturated carbocycles.